The van der Waals surface area contributed by atoms with Gasteiger partial charge >= 0.3 is 12.1 Å². The lowest BCUT2D eigenvalue weighted by molar-refractivity contribution is -0.165. The molecule has 146 valence electrons. The van der Waals surface area contributed by atoms with Gasteiger partial charge in [0.1, 0.15) is 6.04 Å². The van der Waals surface area contributed by atoms with E-state index in [-0.39, 0.29) is 17.2 Å². The smallest absolute Gasteiger partial charge is 0.410 e. The van der Waals surface area contributed by atoms with Crippen molar-refractivity contribution in [2.45, 2.75) is 26.1 Å². The Balaban J connectivity index is 1.92. The van der Waals surface area contributed by atoms with Gasteiger partial charge in [-0.15, -0.1) is 0 Å². The molecule has 7 nitrogen and oxygen atoms in total. The van der Waals surface area contributed by atoms with E-state index in [1.807, 2.05) is 0 Å². The first-order valence-electron chi connectivity index (χ1n) is 8.21. The number of carboxylic acid groups (broad SMARTS) is 1. The second kappa shape index (κ2) is 7.29. The zero-order valence-electron chi connectivity index (χ0n) is 14.9. The number of carbonyl (C=O) groups is 1. The molecule has 1 unspecified atom stereocenters. The van der Waals surface area contributed by atoms with Gasteiger partial charge in [-0.25, -0.2) is 14.8 Å². The number of nitrogens with one attached hydrogen (secondary N) is 1. The molecule has 0 saturated heterocycles. The minimum atomic E-state index is -4.42. The monoisotopic (exact) mass is 391 g/mol. The van der Waals surface area contributed by atoms with Gasteiger partial charge in [0.2, 0.25) is 5.95 Å². The second-order valence-corrected chi connectivity index (χ2v) is 6.13. The molecule has 28 heavy (non-hydrogen) atoms. The van der Waals surface area contributed by atoms with E-state index >= 15 is 0 Å². The maximum Gasteiger partial charge on any atom is 0.410 e. The summed E-state index contributed by atoms with van der Waals surface area (Å²) in [6.07, 6.45) is -0.480. The molecule has 2 N–H and O–H groups in total. The summed E-state index contributed by atoms with van der Waals surface area (Å²) in [5.74, 6) is -0.981. The third kappa shape index (κ3) is 3.95. The molecule has 0 aliphatic heterocycles. The van der Waals surface area contributed by atoms with Crippen molar-refractivity contribution in [3.63, 3.8) is 0 Å². The third-order valence-corrected chi connectivity index (χ3v) is 4.11. The number of carboxylic acids is 1. The Bertz CT molecular complexity index is 1020. The normalized spacial score (nSPS) is 12.6. The lowest BCUT2D eigenvalue weighted by Crippen LogP contribution is -2.23. The third-order valence-electron chi connectivity index (χ3n) is 4.11. The lowest BCUT2D eigenvalue weighted by atomic mass is 10.0. The van der Waals surface area contributed by atoms with Crippen LogP contribution in [0.2, 0.25) is 0 Å². The minimum absolute atomic E-state index is 0.0853. The quantitative estimate of drug-likeness (QED) is 0.677. The fourth-order valence-corrected chi connectivity index (χ4v) is 2.54. The van der Waals surface area contributed by atoms with Crippen molar-refractivity contribution in [1.29, 1.82) is 0 Å². The van der Waals surface area contributed by atoms with Crippen LogP contribution in [-0.2, 0) is 0 Å². The van der Waals surface area contributed by atoms with Gasteiger partial charge in [0.25, 0.3) is 0 Å². The first-order valence-corrected chi connectivity index (χ1v) is 8.21. The van der Waals surface area contributed by atoms with Crippen LogP contribution in [-0.4, -0.2) is 37.0 Å². The number of anilines is 2. The first kappa shape index (κ1) is 19.3. The van der Waals surface area contributed by atoms with E-state index < -0.39 is 18.2 Å². The van der Waals surface area contributed by atoms with Crippen molar-refractivity contribution in [2.24, 2.45) is 0 Å². The van der Waals surface area contributed by atoms with E-state index in [2.05, 4.69) is 20.4 Å². The summed E-state index contributed by atoms with van der Waals surface area (Å²) < 4.78 is 39.2. The molecule has 0 aliphatic rings. The molecule has 0 spiro atoms. The highest BCUT2D eigenvalue weighted by Crippen LogP contribution is 2.30. The summed E-state index contributed by atoms with van der Waals surface area (Å²) in [4.78, 5) is 19.9. The van der Waals surface area contributed by atoms with Crippen molar-refractivity contribution in [3.8, 4) is 11.3 Å². The van der Waals surface area contributed by atoms with Crippen LogP contribution in [0.15, 0.2) is 42.9 Å². The Morgan fingerprint density at radius 2 is 1.96 bits per heavy atom. The van der Waals surface area contributed by atoms with Gasteiger partial charge in [-0.2, -0.15) is 18.3 Å². The number of nitrogens with zero attached hydrogens (tertiary/aromatic N) is 4. The van der Waals surface area contributed by atoms with Crippen LogP contribution < -0.4 is 5.32 Å². The van der Waals surface area contributed by atoms with Crippen molar-refractivity contribution in [1.82, 2.24) is 19.7 Å². The van der Waals surface area contributed by atoms with Crippen LogP contribution in [0.3, 0.4) is 0 Å². The van der Waals surface area contributed by atoms with Gasteiger partial charge in [-0.3, -0.25) is 4.68 Å². The number of aryl methyl sites for hydroxylation is 1. The summed E-state index contributed by atoms with van der Waals surface area (Å²) in [5.41, 5.74) is 1.84. The largest absolute Gasteiger partial charge is 0.478 e. The molecular formula is C18H16F3N5O2. The Kier molecular flexibility index (Phi) is 5.04. The Hall–Kier alpha value is -3.43. The van der Waals surface area contributed by atoms with E-state index in [9.17, 15) is 23.1 Å². The van der Waals surface area contributed by atoms with Crippen LogP contribution in [0.1, 0.15) is 28.9 Å². The zero-order valence-corrected chi connectivity index (χ0v) is 14.9. The Morgan fingerprint density at radius 1 is 1.25 bits per heavy atom. The second-order valence-electron chi connectivity index (χ2n) is 6.13. The van der Waals surface area contributed by atoms with Crippen LogP contribution in [0.4, 0.5) is 24.8 Å². The number of halogens is 3. The first-order chi connectivity index (χ1) is 13.2. The number of alkyl halides is 3. The molecular weight excluding hydrogens is 375 g/mol. The summed E-state index contributed by atoms with van der Waals surface area (Å²) in [7, 11) is 0. The number of rotatable bonds is 5. The molecule has 3 aromatic rings. The number of hydrogen-bond donors (Lipinski definition) is 2. The van der Waals surface area contributed by atoms with Gasteiger partial charge in [0.15, 0.2) is 0 Å². The van der Waals surface area contributed by atoms with E-state index in [1.165, 1.54) is 24.7 Å². The average Bonchev–Trinajstić information content (AvgIpc) is 3.10. The molecule has 1 aromatic carbocycles. The van der Waals surface area contributed by atoms with Gasteiger partial charge in [-0.05, 0) is 25.5 Å². The van der Waals surface area contributed by atoms with Crippen LogP contribution in [0.5, 0.6) is 0 Å². The summed E-state index contributed by atoms with van der Waals surface area (Å²) in [6.45, 7) is 2.74. The highest BCUT2D eigenvalue weighted by molar-refractivity contribution is 5.95. The predicted octanol–water partition coefficient (Wildman–Crippen LogP) is 4.21. The topological polar surface area (TPSA) is 92.9 Å². The molecule has 1 atom stereocenters. The molecule has 0 aliphatic carbocycles. The highest BCUT2D eigenvalue weighted by atomic mass is 19.4. The lowest BCUT2D eigenvalue weighted by Gasteiger charge is -2.15. The molecule has 0 amide bonds. The highest BCUT2D eigenvalue weighted by Gasteiger charge is 2.37. The van der Waals surface area contributed by atoms with Crippen molar-refractivity contribution in [2.75, 3.05) is 5.32 Å². The van der Waals surface area contributed by atoms with Gasteiger partial charge < -0.3 is 10.4 Å². The predicted molar refractivity (Wildman–Crippen MR) is 95.4 cm³/mol. The van der Waals surface area contributed by atoms with Crippen molar-refractivity contribution in [3.05, 3.63) is 54.0 Å². The summed E-state index contributed by atoms with van der Waals surface area (Å²) >= 11 is 0. The number of aromatic nitrogens is 4. The van der Waals surface area contributed by atoms with Gasteiger partial charge in [0.05, 0.1) is 23.1 Å². The van der Waals surface area contributed by atoms with E-state index in [1.54, 1.807) is 25.1 Å². The van der Waals surface area contributed by atoms with Crippen LogP contribution in [0, 0.1) is 6.92 Å². The minimum Gasteiger partial charge on any atom is -0.478 e. The SMILES string of the molecule is Cc1cnc(Nc2cnn(C(C)C(F)(F)F)c2)nc1-c1ccccc1C(=O)O. The summed E-state index contributed by atoms with van der Waals surface area (Å²) in [6, 6.07) is 4.62. The van der Waals surface area contributed by atoms with Crippen LogP contribution >= 0.6 is 0 Å². The van der Waals surface area contributed by atoms with Gasteiger partial charge in [-0.1, -0.05) is 18.2 Å². The molecule has 0 bridgehead atoms. The molecule has 2 aromatic heterocycles. The van der Waals surface area contributed by atoms with Crippen molar-refractivity contribution >= 4 is 17.6 Å². The molecule has 0 saturated carbocycles. The number of hydrogen-bond acceptors (Lipinski definition) is 5. The molecule has 2 heterocycles. The Morgan fingerprint density at radius 3 is 2.64 bits per heavy atom. The number of benzene rings is 1. The fraction of sp³-hybridized carbons (Fsp3) is 0.222. The zero-order chi connectivity index (χ0) is 20.5. The summed E-state index contributed by atoms with van der Waals surface area (Å²) in [5, 5.41) is 15.9. The molecule has 0 fully saturated rings. The Labute approximate surface area is 157 Å². The van der Waals surface area contributed by atoms with E-state index in [0.29, 0.717) is 16.8 Å². The molecule has 0 radical (unpaired) electrons. The van der Waals surface area contributed by atoms with Gasteiger partial charge in [0, 0.05) is 18.0 Å². The maximum atomic E-state index is 12.8. The van der Waals surface area contributed by atoms with E-state index in [4.69, 9.17) is 0 Å². The van der Waals surface area contributed by atoms with E-state index in [0.717, 1.165) is 11.6 Å². The standard InChI is InChI=1S/C18H16F3N5O2/c1-10-7-22-17(24-12-8-23-26(9-12)11(2)18(19,20)21)25-15(10)13-5-3-4-6-14(13)16(27)28/h3-9,11H,1-2H3,(H,27,28)(H,22,24,25). The number of aromatic carboxylic acids is 1. The van der Waals surface area contributed by atoms with Crippen molar-refractivity contribution < 1.29 is 23.1 Å². The average molecular weight is 391 g/mol. The van der Waals surface area contributed by atoms with Crippen LogP contribution in [0.25, 0.3) is 11.3 Å². The molecule has 10 heteroatoms. The maximum absolute atomic E-state index is 12.8. The fourth-order valence-electron chi connectivity index (χ4n) is 2.54. The molecule has 3 rings (SSSR count).